The van der Waals surface area contributed by atoms with Crippen molar-refractivity contribution < 1.29 is 18.0 Å². The molecule has 0 aliphatic heterocycles. The second-order valence-corrected chi connectivity index (χ2v) is 5.12. The van der Waals surface area contributed by atoms with Crippen molar-refractivity contribution in [1.82, 2.24) is 15.2 Å². The van der Waals surface area contributed by atoms with Crippen LogP contribution in [0.25, 0.3) is 0 Å². The molecule has 2 aromatic rings. The molecule has 1 amide bonds. The van der Waals surface area contributed by atoms with Crippen LogP contribution in [0.4, 0.5) is 18.9 Å². The minimum Gasteiger partial charge on any atom is -0.319 e. The maximum absolute atomic E-state index is 12.2. The lowest BCUT2D eigenvalue weighted by Gasteiger charge is -2.07. The van der Waals surface area contributed by atoms with Gasteiger partial charge in [-0.05, 0) is 36.0 Å². The minimum absolute atomic E-state index is 0.0133. The van der Waals surface area contributed by atoms with Crippen molar-refractivity contribution in [2.24, 2.45) is 0 Å². The molecule has 2 N–H and O–H groups in total. The van der Waals surface area contributed by atoms with Gasteiger partial charge in [0.15, 0.2) is 0 Å². The van der Waals surface area contributed by atoms with Gasteiger partial charge in [-0.3, -0.25) is 9.89 Å². The number of benzene rings is 1. The highest BCUT2D eigenvalue weighted by Gasteiger charge is 2.29. The summed E-state index contributed by atoms with van der Waals surface area (Å²) in [6.45, 7) is 1.86. The largest absolute Gasteiger partial charge is 0.446 e. The average Bonchev–Trinajstić information content (AvgIpc) is 2.88. The van der Waals surface area contributed by atoms with Crippen LogP contribution < -0.4 is 5.32 Å². The SMILES string of the molecule is CCc1nc(C(=O)Nc2ccc(SC(F)(F)F)cc2)n[nH]1. The first-order chi connectivity index (χ1) is 9.87. The van der Waals surface area contributed by atoms with Crippen LogP contribution in [0.2, 0.25) is 0 Å². The standard InChI is InChI=1S/C12H11F3N4OS/c1-2-9-17-10(19-18-9)11(20)16-7-3-5-8(6-4-7)21-12(13,14)15/h3-6H,2H2,1H3,(H,16,20)(H,17,18,19). The average molecular weight is 316 g/mol. The topological polar surface area (TPSA) is 70.7 Å². The number of H-pyrrole nitrogens is 1. The summed E-state index contributed by atoms with van der Waals surface area (Å²) in [4.78, 5) is 15.8. The molecular weight excluding hydrogens is 305 g/mol. The molecule has 0 aliphatic rings. The molecule has 0 radical (unpaired) electrons. The Bertz CT molecular complexity index is 624. The number of amides is 1. The van der Waals surface area contributed by atoms with E-state index in [2.05, 4.69) is 20.5 Å². The molecule has 112 valence electrons. The molecule has 0 unspecified atom stereocenters. The fourth-order valence-electron chi connectivity index (χ4n) is 1.48. The second kappa shape index (κ2) is 6.17. The number of aromatic amines is 1. The van der Waals surface area contributed by atoms with E-state index in [0.29, 0.717) is 17.9 Å². The Hall–Kier alpha value is -2.03. The summed E-state index contributed by atoms with van der Waals surface area (Å²) in [6, 6.07) is 5.34. The quantitative estimate of drug-likeness (QED) is 0.850. The summed E-state index contributed by atoms with van der Waals surface area (Å²) in [5, 5.41) is 8.87. The van der Waals surface area contributed by atoms with Gasteiger partial charge in [-0.15, -0.1) is 5.10 Å². The Morgan fingerprint density at radius 1 is 1.33 bits per heavy atom. The predicted octanol–water partition coefficient (Wildman–Crippen LogP) is 3.23. The third-order valence-corrected chi connectivity index (χ3v) is 3.15. The van der Waals surface area contributed by atoms with Gasteiger partial charge >= 0.3 is 5.51 Å². The normalized spacial score (nSPS) is 11.4. The third kappa shape index (κ3) is 4.48. The summed E-state index contributed by atoms with van der Waals surface area (Å²) in [5.74, 6) is 0.0415. The van der Waals surface area contributed by atoms with Gasteiger partial charge in [0.25, 0.3) is 5.91 Å². The molecule has 0 saturated carbocycles. The van der Waals surface area contributed by atoms with E-state index in [1.807, 2.05) is 6.92 Å². The molecule has 9 heteroatoms. The Morgan fingerprint density at radius 2 is 2.00 bits per heavy atom. The highest BCUT2D eigenvalue weighted by atomic mass is 32.2. The number of carbonyl (C=O) groups is 1. The van der Waals surface area contributed by atoms with E-state index in [-0.39, 0.29) is 22.5 Å². The Balaban J connectivity index is 2.01. The lowest BCUT2D eigenvalue weighted by Crippen LogP contribution is -2.13. The van der Waals surface area contributed by atoms with Crippen molar-refractivity contribution in [3.63, 3.8) is 0 Å². The van der Waals surface area contributed by atoms with Crippen molar-refractivity contribution >= 4 is 23.4 Å². The van der Waals surface area contributed by atoms with Crippen molar-refractivity contribution in [3.8, 4) is 0 Å². The van der Waals surface area contributed by atoms with E-state index in [1.54, 1.807) is 0 Å². The molecule has 21 heavy (non-hydrogen) atoms. The molecule has 2 rings (SSSR count). The molecule has 1 aromatic heterocycles. The number of rotatable bonds is 4. The Labute approximate surface area is 122 Å². The highest BCUT2D eigenvalue weighted by molar-refractivity contribution is 8.00. The third-order valence-electron chi connectivity index (χ3n) is 2.42. The van der Waals surface area contributed by atoms with Crippen LogP contribution in [-0.4, -0.2) is 26.6 Å². The molecule has 0 spiro atoms. The van der Waals surface area contributed by atoms with E-state index in [9.17, 15) is 18.0 Å². The molecule has 0 aliphatic carbocycles. The van der Waals surface area contributed by atoms with E-state index in [4.69, 9.17) is 0 Å². The van der Waals surface area contributed by atoms with Gasteiger partial charge in [-0.1, -0.05) is 6.92 Å². The van der Waals surface area contributed by atoms with E-state index in [0.717, 1.165) is 0 Å². The monoisotopic (exact) mass is 316 g/mol. The van der Waals surface area contributed by atoms with E-state index < -0.39 is 11.4 Å². The fraction of sp³-hybridized carbons (Fsp3) is 0.250. The van der Waals surface area contributed by atoms with Crippen LogP contribution >= 0.6 is 11.8 Å². The number of nitrogens with zero attached hydrogens (tertiary/aromatic N) is 2. The number of nitrogens with one attached hydrogen (secondary N) is 2. The van der Waals surface area contributed by atoms with Gasteiger partial charge in [0, 0.05) is 17.0 Å². The summed E-state index contributed by atoms with van der Waals surface area (Å²) in [5.41, 5.74) is -3.96. The zero-order valence-corrected chi connectivity index (χ0v) is 11.7. The van der Waals surface area contributed by atoms with E-state index >= 15 is 0 Å². The van der Waals surface area contributed by atoms with Crippen LogP contribution in [0.3, 0.4) is 0 Å². The molecule has 1 aromatic carbocycles. The number of thioether (sulfide) groups is 1. The number of anilines is 1. The molecule has 0 bridgehead atoms. The lowest BCUT2D eigenvalue weighted by molar-refractivity contribution is -0.0328. The molecule has 5 nitrogen and oxygen atoms in total. The molecular formula is C12H11F3N4OS. The zero-order valence-electron chi connectivity index (χ0n) is 10.9. The van der Waals surface area contributed by atoms with Crippen molar-refractivity contribution in [2.75, 3.05) is 5.32 Å². The second-order valence-electron chi connectivity index (χ2n) is 3.99. The van der Waals surface area contributed by atoms with E-state index in [1.165, 1.54) is 24.3 Å². The van der Waals surface area contributed by atoms with Crippen LogP contribution in [0.15, 0.2) is 29.2 Å². The van der Waals surface area contributed by atoms with Crippen molar-refractivity contribution in [2.45, 2.75) is 23.7 Å². The Kier molecular flexibility index (Phi) is 4.51. The smallest absolute Gasteiger partial charge is 0.319 e. The van der Waals surface area contributed by atoms with Crippen LogP contribution in [-0.2, 0) is 6.42 Å². The first-order valence-electron chi connectivity index (χ1n) is 5.96. The number of hydrogen-bond acceptors (Lipinski definition) is 4. The van der Waals surface area contributed by atoms with Gasteiger partial charge in [0.2, 0.25) is 5.82 Å². The number of aryl methyl sites for hydroxylation is 1. The summed E-state index contributed by atoms with van der Waals surface area (Å²) < 4.78 is 36.5. The van der Waals surface area contributed by atoms with Crippen LogP contribution in [0.1, 0.15) is 23.4 Å². The minimum atomic E-state index is -4.33. The van der Waals surface area contributed by atoms with Crippen molar-refractivity contribution in [3.05, 3.63) is 35.9 Å². The maximum Gasteiger partial charge on any atom is 0.446 e. The fourth-order valence-corrected chi connectivity index (χ4v) is 2.02. The number of alkyl halides is 3. The number of hydrogen-bond donors (Lipinski definition) is 2. The van der Waals surface area contributed by atoms with Gasteiger partial charge in [-0.25, -0.2) is 4.98 Å². The van der Waals surface area contributed by atoms with Gasteiger partial charge in [0.05, 0.1) is 0 Å². The predicted molar refractivity (Wildman–Crippen MR) is 72.1 cm³/mol. The molecule has 0 saturated heterocycles. The highest BCUT2D eigenvalue weighted by Crippen LogP contribution is 2.37. The Morgan fingerprint density at radius 3 is 2.52 bits per heavy atom. The number of halogens is 3. The summed E-state index contributed by atoms with van der Waals surface area (Å²) in [6.07, 6.45) is 0.615. The summed E-state index contributed by atoms with van der Waals surface area (Å²) in [7, 11) is 0. The zero-order chi connectivity index (χ0) is 15.5. The van der Waals surface area contributed by atoms with Crippen molar-refractivity contribution in [1.29, 1.82) is 0 Å². The van der Waals surface area contributed by atoms with Gasteiger partial charge in [-0.2, -0.15) is 13.2 Å². The first kappa shape index (κ1) is 15.4. The maximum atomic E-state index is 12.2. The molecule has 0 fully saturated rings. The molecule has 0 atom stereocenters. The van der Waals surface area contributed by atoms with Crippen LogP contribution in [0.5, 0.6) is 0 Å². The van der Waals surface area contributed by atoms with Gasteiger partial charge < -0.3 is 5.32 Å². The summed E-state index contributed by atoms with van der Waals surface area (Å²) >= 11 is -0.211. The first-order valence-corrected chi connectivity index (χ1v) is 6.77. The van der Waals surface area contributed by atoms with Crippen LogP contribution in [0, 0.1) is 0 Å². The lowest BCUT2D eigenvalue weighted by atomic mass is 10.3. The number of carbonyl (C=O) groups excluding carboxylic acids is 1. The van der Waals surface area contributed by atoms with Gasteiger partial charge in [0.1, 0.15) is 5.82 Å². The number of aromatic nitrogens is 3. The molecule has 1 heterocycles.